The molecular weight excluding hydrogens is 354 g/mol. The number of hydrogen-bond donors (Lipinski definition) is 2. The third-order valence-corrected chi connectivity index (χ3v) is 4.91. The molecule has 0 unspecified atom stereocenters. The van der Waals surface area contributed by atoms with Crippen LogP contribution in [0.25, 0.3) is 0 Å². The molecule has 0 atom stereocenters. The van der Waals surface area contributed by atoms with Gasteiger partial charge in [-0.1, -0.05) is 41.4 Å². The van der Waals surface area contributed by atoms with Crippen molar-refractivity contribution in [2.24, 2.45) is 5.41 Å². The van der Waals surface area contributed by atoms with Gasteiger partial charge in [0.2, 0.25) is 0 Å². The van der Waals surface area contributed by atoms with Crippen molar-refractivity contribution < 1.29 is 9.90 Å². The SMILES string of the molecule is CC1(C)CCC(O)(CNC(=O)c2cc(Cl)cc(Br)c2)CC1. The van der Waals surface area contributed by atoms with Crippen molar-refractivity contribution in [3.05, 3.63) is 33.3 Å². The number of nitrogens with one attached hydrogen (secondary N) is 1. The van der Waals surface area contributed by atoms with E-state index in [1.165, 1.54) is 0 Å². The molecule has 1 fully saturated rings. The van der Waals surface area contributed by atoms with Crippen molar-refractivity contribution in [1.82, 2.24) is 5.32 Å². The van der Waals surface area contributed by atoms with E-state index in [4.69, 9.17) is 11.6 Å². The van der Waals surface area contributed by atoms with Crippen molar-refractivity contribution in [2.75, 3.05) is 6.54 Å². The quantitative estimate of drug-likeness (QED) is 0.834. The number of carbonyl (C=O) groups is 1. The van der Waals surface area contributed by atoms with E-state index in [2.05, 4.69) is 35.1 Å². The minimum atomic E-state index is -0.791. The first-order chi connectivity index (χ1) is 9.69. The Hall–Kier alpha value is -0.580. The molecule has 1 amide bonds. The largest absolute Gasteiger partial charge is 0.388 e. The zero-order valence-electron chi connectivity index (χ0n) is 12.4. The maximum Gasteiger partial charge on any atom is 0.251 e. The molecule has 2 rings (SSSR count). The van der Waals surface area contributed by atoms with E-state index in [1.54, 1.807) is 18.2 Å². The van der Waals surface area contributed by atoms with Gasteiger partial charge < -0.3 is 10.4 Å². The monoisotopic (exact) mass is 373 g/mol. The van der Waals surface area contributed by atoms with Crippen molar-refractivity contribution in [3.63, 3.8) is 0 Å². The molecule has 1 aromatic carbocycles. The van der Waals surface area contributed by atoms with E-state index in [0.717, 1.165) is 30.2 Å². The average Bonchev–Trinajstić information content (AvgIpc) is 2.39. The summed E-state index contributed by atoms with van der Waals surface area (Å²) in [6, 6.07) is 5.07. The van der Waals surface area contributed by atoms with E-state index < -0.39 is 5.60 Å². The van der Waals surface area contributed by atoms with Crippen LogP contribution in [0.4, 0.5) is 0 Å². The molecule has 0 spiro atoms. The first-order valence-corrected chi connectivity index (χ1v) is 8.33. The fraction of sp³-hybridized carbons (Fsp3) is 0.562. The highest BCUT2D eigenvalue weighted by molar-refractivity contribution is 9.10. The van der Waals surface area contributed by atoms with Gasteiger partial charge in [-0.3, -0.25) is 4.79 Å². The van der Waals surface area contributed by atoms with E-state index in [0.29, 0.717) is 10.6 Å². The Morgan fingerprint density at radius 1 is 1.29 bits per heavy atom. The second-order valence-electron chi connectivity index (χ2n) is 6.73. The maximum absolute atomic E-state index is 12.2. The Bertz CT molecular complexity index is 515. The summed E-state index contributed by atoms with van der Waals surface area (Å²) in [7, 11) is 0. The van der Waals surface area contributed by atoms with E-state index >= 15 is 0 Å². The average molecular weight is 375 g/mol. The smallest absolute Gasteiger partial charge is 0.251 e. The first-order valence-electron chi connectivity index (χ1n) is 7.16. The Balaban J connectivity index is 1.95. The molecule has 0 heterocycles. The van der Waals surface area contributed by atoms with Gasteiger partial charge in [0.1, 0.15) is 0 Å². The first kappa shape index (κ1) is 16.8. The summed E-state index contributed by atoms with van der Waals surface area (Å²) in [5.74, 6) is -0.212. The molecule has 2 N–H and O–H groups in total. The second kappa shape index (κ2) is 6.27. The third-order valence-electron chi connectivity index (χ3n) is 4.24. The van der Waals surface area contributed by atoms with Crippen LogP contribution in [0.15, 0.2) is 22.7 Å². The molecular formula is C16H21BrClNO2. The summed E-state index contributed by atoms with van der Waals surface area (Å²) >= 11 is 9.26. The number of benzene rings is 1. The standard InChI is InChI=1S/C16H21BrClNO2/c1-15(2)3-5-16(21,6-4-15)10-19-14(20)11-7-12(17)9-13(18)8-11/h7-9,21H,3-6,10H2,1-2H3,(H,19,20). The van der Waals surface area contributed by atoms with Crippen LogP contribution in [0, 0.1) is 5.41 Å². The van der Waals surface area contributed by atoms with Crippen LogP contribution in [-0.4, -0.2) is 23.2 Å². The summed E-state index contributed by atoms with van der Waals surface area (Å²) < 4.78 is 0.762. The van der Waals surface area contributed by atoms with Crippen LogP contribution in [0.3, 0.4) is 0 Å². The molecule has 0 aromatic heterocycles. The van der Waals surface area contributed by atoms with Crippen LogP contribution in [0.2, 0.25) is 5.02 Å². The van der Waals surface area contributed by atoms with Crippen LogP contribution >= 0.6 is 27.5 Å². The minimum Gasteiger partial charge on any atom is -0.388 e. The van der Waals surface area contributed by atoms with E-state index in [1.807, 2.05) is 0 Å². The number of carbonyl (C=O) groups excluding carboxylic acids is 1. The van der Waals surface area contributed by atoms with Crippen LogP contribution < -0.4 is 5.32 Å². The Kier molecular flexibility index (Phi) is 5.01. The normalized spacial score (nSPS) is 20.0. The molecule has 21 heavy (non-hydrogen) atoms. The number of halogens is 2. The fourth-order valence-electron chi connectivity index (χ4n) is 2.60. The second-order valence-corrected chi connectivity index (χ2v) is 8.08. The topological polar surface area (TPSA) is 49.3 Å². The van der Waals surface area contributed by atoms with Crippen LogP contribution in [0.5, 0.6) is 0 Å². The zero-order chi connectivity index (χ0) is 15.7. The van der Waals surface area contributed by atoms with Gasteiger partial charge in [0.15, 0.2) is 0 Å². The number of amides is 1. The molecule has 1 saturated carbocycles. The molecule has 0 bridgehead atoms. The van der Waals surface area contributed by atoms with Gasteiger partial charge in [-0.15, -0.1) is 0 Å². The summed E-state index contributed by atoms with van der Waals surface area (Å²) in [5.41, 5.74) is -0.0104. The lowest BCUT2D eigenvalue weighted by Crippen LogP contribution is -2.46. The summed E-state index contributed by atoms with van der Waals surface area (Å²) in [4.78, 5) is 12.2. The highest BCUT2D eigenvalue weighted by Crippen LogP contribution is 2.39. The van der Waals surface area contributed by atoms with E-state index in [-0.39, 0.29) is 17.9 Å². The minimum absolute atomic E-state index is 0.212. The van der Waals surface area contributed by atoms with Gasteiger partial charge in [0.25, 0.3) is 5.91 Å². The third kappa shape index (κ3) is 4.70. The lowest BCUT2D eigenvalue weighted by Gasteiger charge is -2.40. The summed E-state index contributed by atoms with van der Waals surface area (Å²) in [6.45, 7) is 4.72. The van der Waals surface area contributed by atoms with Crippen molar-refractivity contribution in [1.29, 1.82) is 0 Å². The molecule has 116 valence electrons. The van der Waals surface area contributed by atoms with Crippen molar-refractivity contribution >= 4 is 33.4 Å². The molecule has 0 aliphatic heterocycles. The van der Waals surface area contributed by atoms with Gasteiger partial charge in [0.05, 0.1) is 5.60 Å². The molecule has 1 aliphatic carbocycles. The predicted octanol–water partition coefficient (Wildman–Crippen LogP) is 4.16. The van der Waals surface area contributed by atoms with Crippen LogP contribution in [0.1, 0.15) is 49.9 Å². The van der Waals surface area contributed by atoms with Gasteiger partial charge >= 0.3 is 0 Å². The van der Waals surface area contributed by atoms with Gasteiger partial charge in [-0.25, -0.2) is 0 Å². The van der Waals surface area contributed by atoms with E-state index in [9.17, 15) is 9.90 Å². The Morgan fingerprint density at radius 3 is 2.48 bits per heavy atom. The molecule has 1 aromatic rings. The van der Waals surface area contributed by atoms with Gasteiger partial charge in [-0.05, 0) is 49.3 Å². The molecule has 3 nitrogen and oxygen atoms in total. The lowest BCUT2D eigenvalue weighted by molar-refractivity contribution is -0.0233. The van der Waals surface area contributed by atoms with Crippen molar-refractivity contribution in [3.8, 4) is 0 Å². The Labute approximate surface area is 139 Å². The summed E-state index contributed by atoms with van der Waals surface area (Å²) in [6.07, 6.45) is 3.39. The van der Waals surface area contributed by atoms with Crippen LogP contribution in [-0.2, 0) is 0 Å². The lowest BCUT2D eigenvalue weighted by atomic mass is 9.71. The fourth-order valence-corrected chi connectivity index (χ4v) is 3.46. The van der Waals surface area contributed by atoms with Crippen molar-refractivity contribution in [2.45, 2.75) is 45.1 Å². The molecule has 1 aliphatic rings. The zero-order valence-corrected chi connectivity index (χ0v) is 14.7. The highest BCUT2D eigenvalue weighted by atomic mass is 79.9. The van der Waals surface area contributed by atoms with Gasteiger partial charge in [0, 0.05) is 21.6 Å². The number of aliphatic hydroxyl groups is 1. The molecule has 0 saturated heterocycles. The molecule has 0 radical (unpaired) electrons. The summed E-state index contributed by atoms with van der Waals surface area (Å²) in [5, 5.41) is 13.9. The maximum atomic E-state index is 12.2. The predicted molar refractivity (Wildman–Crippen MR) is 88.7 cm³/mol. The highest BCUT2D eigenvalue weighted by Gasteiger charge is 2.36. The van der Waals surface area contributed by atoms with Gasteiger partial charge in [-0.2, -0.15) is 0 Å². The number of hydrogen-bond acceptors (Lipinski definition) is 2. The number of rotatable bonds is 3. The Morgan fingerprint density at radius 2 is 1.90 bits per heavy atom. The molecule has 5 heteroatoms.